The zero-order chi connectivity index (χ0) is 17.8. The van der Waals surface area contributed by atoms with E-state index in [4.69, 9.17) is 4.74 Å². The molecule has 0 aromatic carbocycles. The number of ether oxygens (including phenoxy) is 1. The smallest absolute Gasteiger partial charge is 0.408 e. The molecule has 0 saturated carbocycles. The van der Waals surface area contributed by atoms with Gasteiger partial charge in [0.2, 0.25) is 0 Å². The van der Waals surface area contributed by atoms with Gasteiger partial charge in [-0.05, 0) is 67.0 Å². The zero-order valence-electron chi connectivity index (χ0n) is 16.0. The number of carbonyl (C=O) groups is 1. The van der Waals surface area contributed by atoms with Crippen molar-refractivity contribution < 1.29 is 9.53 Å². The van der Waals surface area contributed by atoms with Crippen molar-refractivity contribution >= 4 is 6.09 Å². The normalized spacial score (nSPS) is 12.3. The lowest BCUT2D eigenvalue weighted by Crippen LogP contribution is -2.51. The molecule has 5 nitrogen and oxygen atoms in total. The summed E-state index contributed by atoms with van der Waals surface area (Å²) in [6.45, 7) is 18.4. The number of aryl methyl sites for hydroxylation is 1. The maximum absolute atomic E-state index is 11.9. The standard InChI is InChI=1S/C18H33N3O2/c1-9-21-13(2)10-15(14(21)3)11-19-12-18(7,8)20-16(22)23-17(4,5)6/h10,19H,9,11-12H2,1-8H3,(H,20,22). The summed E-state index contributed by atoms with van der Waals surface area (Å²) in [5, 5.41) is 6.34. The highest BCUT2D eigenvalue weighted by Crippen LogP contribution is 2.15. The molecule has 0 atom stereocenters. The van der Waals surface area contributed by atoms with Crippen LogP contribution in [-0.4, -0.2) is 28.3 Å². The van der Waals surface area contributed by atoms with Gasteiger partial charge in [0.05, 0.1) is 5.54 Å². The van der Waals surface area contributed by atoms with Crippen molar-refractivity contribution in [1.82, 2.24) is 15.2 Å². The third kappa shape index (κ3) is 6.26. The van der Waals surface area contributed by atoms with Gasteiger partial charge in [-0.2, -0.15) is 0 Å². The first kappa shape index (κ1) is 19.6. The molecular formula is C18H33N3O2. The largest absolute Gasteiger partial charge is 0.444 e. The lowest BCUT2D eigenvalue weighted by molar-refractivity contribution is 0.0472. The minimum Gasteiger partial charge on any atom is -0.444 e. The number of aromatic nitrogens is 1. The van der Waals surface area contributed by atoms with Crippen molar-refractivity contribution in [3.8, 4) is 0 Å². The number of rotatable bonds is 6. The number of alkyl carbamates (subject to hydrolysis) is 1. The van der Waals surface area contributed by atoms with Crippen LogP contribution in [-0.2, 0) is 17.8 Å². The molecule has 1 heterocycles. The van der Waals surface area contributed by atoms with E-state index in [1.807, 2.05) is 34.6 Å². The Bertz CT molecular complexity index is 539. The number of nitrogens with zero attached hydrogens (tertiary/aromatic N) is 1. The molecule has 0 aliphatic rings. The van der Waals surface area contributed by atoms with Crippen LogP contribution in [0.1, 0.15) is 58.5 Å². The Balaban J connectivity index is 2.52. The first-order valence-electron chi connectivity index (χ1n) is 8.32. The summed E-state index contributed by atoms with van der Waals surface area (Å²) in [5.41, 5.74) is 3.03. The van der Waals surface area contributed by atoms with Crippen LogP contribution in [0.4, 0.5) is 4.79 Å². The maximum atomic E-state index is 11.9. The quantitative estimate of drug-likeness (QED) is 0.842. The summed E-state index contributed by atoms with van der Waals surface area (Å²) in [5.74, 6) is 0. The molecule has 0 bridgehead atoms. The molecule has 0 aliphatic carbocycles. The maximum Gasteiger partial charge on any atom is 0.408 e. The number of carbonyl (C=O) groups excluding carboxylic acids is 1. The third-order valence-electron chi connectivity index (χ3n) is 3.72. The van der Waals surface area contributed by atoms with Crippen LogP contribution in [0.5, 0.6) is 0 Å². The number of amides is 1. The van der Waals surface area contributed by atoms with Gasteiger partial charge in [-0.3, -0.25) is 0 Å². The lowest BCUT2D eigenvalue weighted by Gasteiger charge is -2.29. The first-order valence-corrected chi connectivity index (χ1v) is 8.32. The molecule has 0 fully saturated rings. The van der Waals surface area contributed by atoms with E-state index in [1.165, 1.54) is 17.0 Å². The van der Waals surface area contributed by atoms with Crippen molar-refractivity contribution in [2.75, 3.05) is 6.54 Å². The Morgan fingerprint density at radius 3 is 2.30 bits per heavy atom. The van der Waals surface area contributed by atoms with E-state index in [-0.39, 0.29) is 11.6 Å². The van der Waals surface area contributed by atoms with Crippen LogP contribution in [0.3, 0.4) is 0 Å². The fourth-order valence-electron chi connectivity index (χ4n) is 2.67. The van der Waals surface area contributed by atoms with Gasteiger partial charge in [-0.15, -0.1) is 0 Å². The minimum atomic E-state index is -0.481. The van der Waals surface area contributed by atoms with Gasteiger partial charge in [0.15, 0.2) is 0 Å². The second-order valence-electron chi connectivity index (χ2n) is 7.75. The van der Waals surface area contributed by atoms with Gasteiger partial charge in [-0.25, -0.2) is 4.79 Å². The van der Waals surface area contributed by atoms with Crippen LogP contribution < -0.4 is 10.6 Å². The molecule has 5 heteroatoms. The summed E-state index contributed by atoms with van der Waals surface area (Å²) < 4.78 is 7.62. The SMILES string of the molecule is CCn1c(C)cc(CNCC(C)(C)NC(=O)OC(C)(C)C)c1C. The van der Waals surface area contributed by atoms with Gasteiger partial charge in [0.1, 0.15) is 5.60 Å². The van der Waals surface area contributed by atoms with Crippen molar-refractivity contribution in [3.63, 3.8) is 0 Å². The Morgan fingerprint density at radius 1 is 1.22 bits per heavy atom. The number of hydrogen-bond donors (Lipinski definition) is 2. The fourth-order valence-corrected chi connectivity index (χ4v) is 2.67. The molecule has 0 aliphatic heterocycles. The third-order valence-corrected chi connectivity index (χ3v) is 3.72. The van der Waals surface area contributed by atoms with Gasteiger partial charge in [0.25, 0.3) is 0 Å². The monoisotopic (exact) mass is 323 g/mol. The molecule has 1 aromatic rings. The predicted octanol–water partition coefficient (Wildman–Crippen LogP) is 3.52. The van der Waals surface area contributed by atoms with Crippen LogP contribution in [0.25, 0.3) is 0 Å². The Hall–Kier alpha value is -1.49. The van der Waals surface area contributed by atoms with E-state index in [1.54, 1.807) is 0 Å². The molecule has 132 valence electrons. The Kier molecular flexibility index (Phi) is 6.28. The van der Waals surface area contributed by atoms with E-state index in [9.17, 15) is 4.79 Å². The number of hydrogen-bond acceptors (Lipinski definition) is 3. The fraction of sp³-hybridized carbons (Fsp3) is 0.722. The predicted molar refractivity (Wildman–Crippen MR) is 94.7 cm³/mol. The molecule has 2 N–H and O–H groups in total. The molecule has 0 unspecified atom stereocenters. The van der Waals surface area contributed by atoms with Crippen LogP contribution >= 0.6 is 0 Å². The zero-order valence-corrected chi connectivity index (χ0v) is 16.0. The highest BCUT2D eigenvalue weighted by Gasteiger charge is 2.24. The van der Waals surface area contributed by atoms with Crippen LogP contribution in [0.2, 0.25) is 0 Å². The first-order chi connectivity index (χ1) is 10.4. The van der Waals surface area contributed by atoms with Crippen molar-refractivity contribution in [2.45, 2.75) is 79.6 Å². The Morgan fingerprint density at radius 2 is 1.83 bits per heavy atom. The van der Waals surface area contributed by atoms with E-state index in [0.717, 1.165) is 13.1 Å². The van der Waals surface area contributed by atoms with E-state index in [2.05, 4.69) is 42.0 Å². The summed E-state index contributed by atoms with van der Waals surface area (Å²) in [4.78, 5) is 11.9. The summed E-state index contributed by atoms with van der Waals surface area (Å²) in [7, 11) is 0. The summed E-state index contributed by atoms with van der Waals surface area (Å²) >= 11 is 0. The average Bonchev–Trinajstić information content (AvgIpc) is 2.60. The van der Waals surface area contributed by atoms with Crippen molar-refractivity contribution in [3.05, 3.63) is 23.0 Å². The van der Waals surface area contributed by atoms with Gasteiger partial charge in [0, 0.05) is 31.0 Å². The lowest BCUT2D eigenvalue weighted by atomic mass is 10.1. The van der Waals surface area contributed by atoms with Gasteiger partial charge >= 0.3 is 6.09 Å². The molecule has 0 saturated heterocycles. The van der Waals surface area contributed by atoms with E-state index < -0.39 is 5.60 Å². The summed E-state index contributed by atoms with van der Waals surface area (Å²) in [6.07, 6.45) is -0.381. The molecule has 0 spiro atoms. The van der Waals surface area contributed by atoms with Crippen LogP contribution in [0.15, 0.2) is 6.07 Å². The molecule has 0 radical (unpaired) electrons. The van der Waals surface area contributed by atoms with Gasteiger partial charge in [-0.1, -0.05) is 0 Å². The average molecular weight is 323 g/mol. The van der Waals surface area contributed by atoms with Crippen molar-refractivity contribution in [1.29, 1.82) is 0 Å². The van der Waals surface area contributed by atoms with Gasteiger partial charge < -0.3 is 19.9 Å². The summed E-state index contributed by atoms with van der Waals surface area (Å²) in [6, 6.07) is 2.22. The molecule has 1 rings (SSSR count). The van der Waals surface area contributed by atoms with E-state index in [0.29, 0.717) is 6.54 Å². The molecule has 1 amide bonds. The minimum absolute atomic E-state index is 0.376. The molecular weight excluding hydrogens is 290 g/mol. The van der Waals surface area contributed by atoms with E-state index >= 15 is 0 Å². The van der Waals surface area contributed by atoms with Crippen LogP contribution in [0, 0.1) is 13.8 Å². The second-order valence-corrected chi connectivity index (χ2v) is 7.75. The highest BCUT2D eigenvalue weighted by atomic mass is 16.6. The second kappa shape index (κ2) is 7.39. The highest BCUT2D eigenvalue weighted by molar-refractivity contribution is 5.68. The van der Waals surface area contributed by atoms with Crippen molar-refractivity contribution in [2.24, 2.45) is 0 Å². The number of nitrogens with one attached hydrogen (secondary N) is 2. The Labute approximate surface area is 140 Å². The molecule has 1 aromatic heterocycles. The molecule has 23 heavy (non-hydrogen) atoms. The topological polar surface area (TPSA) is 55.3 Å².